The van der Waals surface area contributed by atoms with E-state index in [1.165, 1.54) is 161 Å². The van der Waals surface area contributed by atoms with Crippen molar-refractivity contribution in [3.8, 4) is 0 Å². The first-order valence-corrected chi connectivity index (χ1v) is 31.6. The Balaban J connectivity index is 2.66. The molecule has 6 unspecified atom stereocenters. The van der Waals surface area contributed by atoms with Gasteiger partial charge in [-0.1, -0.05) is 275 Å². The first-order valence-electron chi connectivity index (χ1n) is 31.6. The maximum atomic E-state index is 13.1. The van der Waals surface area contributed by atoms with Crippen molar-refractivity contribution >= 4 is 23.9 Å². The number of carboxylic acid groups (broad SMARTS) is 1. The van der Waals surface area contributed by atoms with Crippen LogP contribution in [0.2, 0.25) is 0 Å². The predicted molar refractivity (Wildman–Crippen MR) is 312 cm³/mol. The molecule has 12 heteroatoms. The van der Waals surface area contributed by atoms with Gasteiger partial charge < -0.3 is 39.0 Å². The van der Waals surface area contributed by atoms with E-state index in [1.54, 1.807) is 0 Å². The van der Waals surface area contributed by atoms with Crippen LogP contribution in [0.3, 0.4) is 0 Å². The second kappa shape index (κ2) is 53.3. The second-order valence-corrected chi connectivity index (χ2v) is 21.7. The highest BCUT2D eigenvalue weighted by Crippen LogP contribution is 2.27. The van der Waals surface area contributed by atoms with Gasteiger partial charge in [0.2, 0.25) is 0 Å². The number of carbonyl (C=O) groups excluding carboxylic acids is 3. The maximum absolute atomic E-state index is 13.1. The fourth-order valence-electron chi connectivity index (χ4n) is 9.62. The van der Waals surface area contributed by atoms with E-state index >= 15 is 0 Å². The van der Waals surface area contributed by atoms with Crippen LogP contribution in [0.5, 0.6) is 0 Å². The molecule has 3 N–H and O–H groups in total. The quantitative estimate of drug-likeness (QED) is 0.0228. The number of carboxylic acids is 1. The number of allylic oxidation sites excluding steroid dienone is 8. The van der Waals surface area contributed by atoms with Crippen molar-refractivity contribution in [2.45, 2.75) is 327 Å². The van der Waals surface area contributed by atoms with Gasteiger partial charge in [-0.15, -0.1) is 0 Å². The topological polar surface area (TPSA) is 175 Å². The number of unbranched alkanes of at least 4 members (excludes halogenated alkanes) is 32. The first-order chi connectivity index (χ1) is 37.6. The van der Waals surface area contributed by atoms with Crippen molar-refractivity contribution < 1.29 is 58.2 Å². The van der Waals surface area contributed by atoms with Gasteiger partial charge >= 0.3 is 23.9 Å². The molecule has 0 saturated carbocycles. The number of rotatable bonds is 54. The predicted octanol–water partition coefficient (Wildman–Crippen LogP) is 16.6. The van der Waals surface area contributed by atoms with Gasteiger partial charge in [0.05, 0.1) is 6.61 Å². The third-order valence-corrected chi connectivity index (χ3v) is 14.4. The molecule has 12 nitrogen and oxygen atoms in total. The van der Waals surface area contributed by atoms with E-state index in [2.05, 4.69) is 57.2 Å². The van der Waals surface area contributed by atoms with E-state index in [4.69, 9.17) is 23.7 Å². The molecule has 6 atom stereocenters. The fourth-order valence-corrected chi connectivity index (χ4v) is 9.62. The number of hydrogen-bond donors (Lipinski definition) is 3. The zero-order valence-electron chi connectivity index (χ0n) is 49.2. The van der Waals surface area contributed by atoms with Gasteiger partial charge in [-0.3, -0.25) is 14.4 Å². The fraction of sp³-hybridized carbons (Fsp3) is 0.815. The van der Waals surface area contributed by atoms with Crippen LogP contribution in [-0.4, -0.2) is 89.2 Å². The lowest BCUT2D eigenvalue weighted by Crippen LogP contribution is -2.61. The molecule has 1 heterocycles. The number of hydrogen-bond acceptors (Lipinski definition) is 11. The Kier molecular flexibility index (Phi) is 49.7. The normalized spacial score (nSPS) is 18.3. The molecule has 446 valence electrons. The summed E-state index contributed by atoms with van der Waals surface area (Å²) in [4.78, 5) is 51.2. The van der Waals surface area contributed by atoms with Crippen LogP contribution in [-0.2, 0) is 42.9 Å². The van der Waals surface area contributed by atoms with Crippen molar-refractivity contribution in [3.05, 3.63) is 48.6 Å². The summed E-state index contributed by atoms with van der Waals surface area (Å²) in [7, 11) is 0. The highest BCUT2D eigenvalue weighted by Gasteiger charge is 2.50. The molecule has 1 aliphatic rings. The van der Waals surface area contributed by atoms with E-state index in [0.717, 1.165) is 70.6 Å². The second-order valence-electron chi connectivity index (χ2n) is 21.7. The lowest BCUT2D eigenvalue weighted by Gasteiger charge is -2.40. The largest absolute Gasteiger partial charge is 0.479 e. The molecule has 1 saturated heterocycles. The minimum atomic E-state index is -1.91. The molecule has 77 heavy (non-hydrogen) atoms. The first kappa shape index (κ1) is 71.7. The molecule has 1 fully saturated rings. The highest BCUT2D eigenvalue weighted by atomic mass is 16.7. The molecule has 1 aliphatic heterocycles. The Labute approximate surface area is 469 Å². The number of aliphatic carboxylic acids is 1. The van der Waals surface area contributed by atoms with Crippen LogP contribution in [0.4, 0.5) is 0 Å². The lowest BCUT2D eigenvalue weighted by molar-refractivity contribution is -0.301. The summed E-state index contributed by atoms with van der Waals surface area (Å²) < 4.78 is 28.4. The summed E-state index contributed by atoms with van der Waals surface area (Å²) in [5, 5.41) is 31.5. The zero-order valence-corrected chi connectivity index (χ0v) is 49.2. The molecular weight excluding hydrogens is 973 g/mol. The number of aliphatic hydroxyl groups excluding tert-OH is 2. The monoisotopic (exact) mass is 1090 g/mol. The van der Waals surface area contributed by atoms with E-state index < -0.39 is 67.3 Å². The summed E-state index contributed by atoms with van der Waals surface area (Å²) in [6.45, 7) is 5.86. The van der Waals surface area contributed by atoms with E-state index in [0.29, 0.717) is 19.3 Å². The molecule has 0 aromatic rings. The Hall–Kier alpha value is -3.32. The molecule has 1 rings (SSSR count). The standard InChI is InChI=1S/C65H114O12/c1-4-7-10-13-16-19-22-25-27-28-29-30-32-34-36-39-42-45-48-51-57(66)73-54-56(75-58(67)52-49-46-43-40-37-33-24-21-18-15-12-9-6-3)55-74-65-63(61(70)60(69)62(77-65)64(71)72)76-59(68)53-50-47-44-41-38-35-31-26-23-20-17-14-11-8-5-2/h9,12,18,21,33,37,43,46,56,60-63,65,69-70H,4-8,10-11,13-17,19-20,22-32,34-36,38-42,44-45,47-55H2,1-3H3,(H,71,72)/b12-9-,21-18-,37-33-,46-43-. The van der Waals surface area contributed by atoms with Crippen LogP contribution >= 0.6 is 0 Å². The summed E-state index contributed by atoms with van der Waals surface area (Å²) in [5.41, 5.74) is 0. The molecule has 0 amide bonds. The number of carbonyl (C=O) groups is 4. The van der Waals surface area contributed by atoms with Gasteiger partial charge in [0.25, 0.3) is 0 Å². The Morgan fingerprint density at radius 3 is 1.22 bits per heavy atom. The molecule has 0 aromatic heterocycles. The van der Waals surface area contributed by atoms with Crippen molar-refractivity contribution in [2.75, 3.05) is 13.2 Å². The smallest absolute Gasteiger partial charge is 0.335 e. The van der Waals surface area contributed by atoms with Gasteiger partial charge in [0.1, 0.15) is 18.8 Å². The number of aliphatic hydroxyl groups is 2. The molecule has 0 aliphatic carbocycles. The number of ether oxygens (including phenoxy) is 5. The minimum absolute atomic E-state index is 0.0451. The third-order valence-electron chi connectivity index (χ3n) is 14.4. The lowest BCUT2D eigenvalue weighted by atomic mass is 9.98. The van der Waals surface area contributed by atoms with Crippen molar-refractivity contribution in [2.24, 2.45) is 0 Å². The molecule has 0 spiro atoms. The van der Waals surface area contributed by atoms with Crippen LogP contribution in [0.1, 0.15) is 290 Å². The molecular formula is C65H114O12. The summed E-state index contributed by atoms with van der Waals surface area (Å²) >= 11 is 0. The Bertz CT molecular complexity index is 1520. The van der Waals surface area contributed by atoms with Crippen molar-refractivity contribution in [3.63, 3.8) is 0 Å². The number of esters is 3. The highest BCUT2D eigenvalue weighted by molar-refractivity contribution is 5.74. The van der Waals surface area contributed by atoms with Crippen LogP contribution in [0.15, 0.2) is 48.6 Å². The van der Waals surface area contributed by atoms with E-state index in [-0.39, 0.29) is 25.9 Å². The average molecular weight is 1090 g/mol. The van der Waals surface area contributed by atoms with Gasteiger partial charge in [0, 0.05) is 19.3 Å². The summed E-state index contributed by atoms with van der Waals surface area (Å²) in [6.07, 6.45) is 52.4. The summed E-state index contributed by atoms with van der Waals surface area (Å²) in [6, 6.07) is 0. The maximum Gasteiger partial charge on any atom is 0.335 e. The molecule has 0 aromatic carbocycles. The van der Waals surface area contributed by atoms with Gasteiger partial charge in [-0.2, -0.15) is 0 Å². The third kappa shape index (κ3) is 43.2. The van der Waals surface area contributed by atoms with Gasteiger partial charge in [0.15, 0.2) is 24.6 Å². The zero-order chi connectivity index (χ0) is 56.1. The van der Waals surface area contributed by atoms with Gasteiger partial charge in [-0.25, -0.2) is 4.79 Å². The summed E-state index contributed by atoms with van der Waals surface area (Å²) in [5.74, 6) is -3.20. The minimum Gasteiger partial charge on any atom is -0.479 e. The SMILES string of the molecule is CC/C=C\C/C=C\C/C=C\C/C=C\CCC(=O)OC(COC(=O)CCCCCCCCCCCCCCCCCCCCC)COC1OC(C(=O)O)C(O)C(O)C1OC(=O)CCCCCCCCCCCCCCCCC. The van der Waals surface area contributed by atoms with Crippen molar-refractivity contribution in [1.82, 2.24) is 0 Å². The van der Waals surface area contributed by atoms with Crippen LogP contribution < -0.4 is 0 Å². The van der Waals surface area contributed by atoms with Crippen molar-refractivity contribution in [1.29, 1.82) is 0 Å². The van der Waals surface area contributed by atoms with E-state index in [1.807, 2.05) is 12.2 Å². The van der Waals surface area contributed by atoms with Crippen LogP contribution in [0.25, 0.3) is 0 Å². The van der Waals surface area contributed by atoms with E-state index in [9.17, 15) is 34.5 Å². The molecule has 0 radical (unpaired) electrons. The Morgan fingerprint density at radius 2 is 0.818 bits per heavy atom. The average Bonchev–Trinajstić information content (AvgIpc) is 3.42. The molecule has 0 bridgehead atoms. The van der Waals surface area contributed by atoms with Crippen LogP contribution in [0, 0.1) is 0 Å². The van der Waals surface area contributed by atoms with Gasteiger partial charge in [-0.05, 0) is 44.9 Å². The Morgan fingerprint density at radius 1 is 0.442 bits per heavy atom.